The van der Waals surface area contributed by atoms with E-state index in [0.29, 0.717) is 19.5 Å². The van der Waals surface area contributed by atoms with Gasteiger partial charge in [0, 0.05) is 19.6 Å². The molecule has 1 aromatic carbocycles. The third-order valence-corrected chi connectivity index (χ3v) is 6.30. The standard InChI is InChI=1S/C21H26N2O3/c1-14-12-23(10-7-16(14)15-5-3-2-4-6-15)19(24)18-17(20(25)26)11-21(8-9-21)13-22-18/h2-6,17-18,22H,7-13H2,1H3,(H,25,26). The van der Waals surface area contributed by atoms with Gasteiger partial charge < -0.3 is 15.3 Å². The molecule has 0 radical (unpaired) electrons. The van der Waals surface area contributed by atoms with Crippen LogP contribution in [-0.2, 0) is 9.59 Å². The molecule has 0 bridgehead atoms. The van der Waals surface area contributed by atoms with E-state index in [1.54, 1.807) is 0 Å². The van der Waals surface area contributed by atoms with Crippen LogP contribution in [0.2, 0.25) is 0 Å². The third-order valence-electron chi connectivity index (χ3n) is 6.30. The quantitative estimate of drug-likeness (QED) is 0.875. The monoisotopic (exact) mass is 354 g/mol. The van der Waals surface area contributed by atoms with Gasteiger partial charge in [0.05, 0.1) is 5.92 Å². The van der Waals surface area contributed by atoms with Crippen LogP contribution in [0, 0.1) is 11.3 Å². The highest BCUT2D eigenvalue weighted by atomic mass is 16.4. The lowest BCUT2D eigenvalue weighted by molar-refractivity contribution is -0.150. The number of amides is 1. The number of carbonyl (C=O) groups excluding carboxylic acids is 1. The van der Waals surface area contributed by atoms with Crippen LogP contribution >= 0.6 is 0 Å². The lowest BCUT2D eigenvalue weighted by Gasteiger charge is -2.39. The molecule has 5 heteroatoms. The second kappa shape index (κ2) is 6.54. The SMILES string of the molecule is CC1=C(c2ccccc2)CCN(C(=O)C2NCC3(CC3)CC2C(=O)O)C1. The molecule has 1 aromatic rings. The van der Waals surface area contributed by atoms with Gasteiger partial charge in [-0.3, -0.25) is 9.59 Å². The van der Waals surface area contributed by atoms with E-state index in [2.05, 4.69) is 24.4 Å². The van der Waals surface area contributed by atoms with Crippen molar-refractivity contribution in [3.8, 4) is 0 Å². The summed E-state index contributed by atoms with van der Waals surface area (Å²) in [6.45, 7) is 4.07. The summed E-state index contributed by atoms with van der Waals surface area (Å²) in [5.41, 5.74) is 3.85. The number of carbonyl (C=O) groups is 2. The molecule has 26 heavy (non-hydrogen) atoms. The van der Waals surface area contributed by atoms with Gasteiger partial charge in [0.1, 0.15) is 6.04 Å². The summed E-state index contributed by atoms with van der Waals surface area (Å²) in [4.78, 5) is 26.6. The number of carboxylic acid groups (broad SMARTS) is 1. The number of hydrogen-bond acceptors (Lipinski definition) is 3. The van der Waals surface area contributed by atoms with Crippen LogP contribution in [0.25, 0.3) is 5.57 Å². The van der Waals surface area contributed by atoms with E-state index in [0.717, 1.165) is 25.8 Å². The zero-order valence-electron chi connectivity index (χ0n) is 15.2. The van der Waals surface area contributed by atoms with E-state index in [-0.39, 0.29) is 11.3 Å². The first kappa shape index (κ1) is 17.3. The molecule has 2 heterocycles. The van der Waals surface area contributed by atoms with Gasteiger partial charge in [0.15, 0.2) is 0 Å². The largest absolute Gasteiger partial charge is 0.481 e. The maximum Gasteiger partial charge on any atom is 0.308 e. The number of carboxylic acids is 1. The molecule has 2 N–H and O–H groups in total. The molecule has 4 rings (SSSR count). The van der Waals surface area contributed by atoms with E-state index < -0.39 is 17.9 Å². The van der Waals surface area contributed by atoms with Crippen molar-refractivity contribution in [1.82, 2.24) is 10.2 Å². The Kier molecular flexibility index (Phi) is 4.35. The van der Waals surface area contributed by atoms with Gasteiger partial charge in [-0.25, -0.2) is 0 Å². The molecular weight excluding hydrogens is 328 g/mol. The van der Waals surface area contributed by atoms with Crippen LogP contribution in [0.15, 0.2) is 35.9 Å². The van der Waals surface area contributed by atoms with Crippen molar-refractivity contribution in [3.63, 3.8) is 0 Å². The lowest BCUT2D eigenvalue weighted by Crippen LogP contribution is -2.58. The topological polar surface area (TPSA) is 69.6 Å². The number of rotatable bonds is 3. The van der Waals surface area contributed by atoms with Crippen molar-refractivity contribution in [2.45, 2.75) is 38.6 Å². The van der Waals surface area contributed by atoms with E-state index in [1.165, 1.54) is 16.7 Å². The van der Waals surface area contributed by atoms with Gasteiger partial charge >= 0.3 is 5.97 Å². The Hall–Kier alpha value is -2.14. The van der Waals surface area contributed by atoms with E-state index in [9.17, 15) is 14.7 Å². The van der Waals surface area contributed by atoms with Crippen LogP contribution in [0.3, 0.4) is 0 Å². The molecule has 1 saturated carbocycles. The van der Waals surface area contributed by atoms with Crippen LogP contribution < -0.4 is 5.32 Å². The molecule has 1 aliphatic carbocycles. The summed E-state index contributed by atoms with van der Waals surface area (Å²) in [6.07, 6.45) is 3.60. The van der Waals surface area contributed by atoms with Crippen molar-refractivity contribution < 1.29 is 14.7 Å². The fourth-order valence-corrected chi connectivity index (χ4v) is 4.51. The summed E-state index contributed by atoms with van der Waals surface area (Å²) in [6, 6.07) is 9.69. The minimum absolute atomic E-state index is 0.0561. The Morgan fingerprint density at radius 3 is 2.58 bits per heavy atom. The van der Waals surface area contributed by atoms with Gasteiger partial charge in [-0.2, -0.15) is 0 Å². The number of hydrogen-bond donors (Lipinski definition) is 2. The number of piperidine rings is 1. The van der Waals surface area contributed by atoms with Crippen molar-refractivity contribution >= 4 is 17.4 Å². The molecule has 138 valence electrons. The predicted molar refractivity (Wildman–Crippen MR) is 99.4 cm³/mol. The predicted octanol–water partition coefficient (Wildman–Crippen LogP) is 2.54. The average molecular weight is 354 g/mol. The summed E-state index contributed by atoms with van der Waals surface area (Å²) in [7, 11) is 0. The zero-order chi connectivity index (χ0) is 18.3. The molecule has 2 fully saturated rings. The van der Waals surface area contributed by atoms with Crippen molar-refractivity contribution in [1.29, 1.82) is 0 Å². The molecule has 2 atom stereocenters. The summed E-state index contributed by atoms with van der Waals surface area (Å²) in [5.74, 6) is -1.52. The molecule has 2 aliphatic heterocycles. The number of aliphatic carboxylic acids is 1. The minimum Gasteiger partial charge on any atom is -0.481 e. The highest BCUT2D eigenvalue weighted by Gasteiger charge is 2.52. The van der Waals surface area contributed by atoms with Crippen molar-refractivity contribution in [2.24, 2.45) is 11.3 Å². The molecular formula is C21H26N2O3. The summed E-state index contributed by atoms with van der Waals surface area (Å²) < 4.78 is 0. The molecule has 1 spiro atoms. The lowest BCUT2D eigenvalue weighted by atomic mass is 9.81. The number of nitrogens with zero attached hydrogens (tertiary/aromatic N) is 1. The highest BCUT2D eigenvalue weighted by molar-refractivity contribution is 5.89. The number of nitrogens with one attached hydrogen (secondary N) is 1. The number of benzene rings is 1. The van der Waals surface area contributed by atoms with Gasteiger partial charge in [-0.1, -0.05) is 35.9 Å². The van der Waals surface area contributed by atoms with Crippen LogP contribution in [0.1, 0.15) is 38.2 Å². The van der Waals surface area contributed by atoms with Gasteiger partial charge in [-0.05, 0) is 49.2 Å². The zero-order valence-corrected chi connectivity index (χ0v) is 15.2. The smallest absolute Gasteiger partial charge is 0.308 e. The third kappa shape index (κ3) is 3.16. The highest BCUT2D eigenvalue weighted by Crippen LogP contribution is 2.52. The van der Waals surface area contributed by atoms with Gasteiger partial charge in [-0.15, -0.1) is 0 Å². The van der Waals surface area contributed by atoms with Crippen LogP contribution in [-0.4, -0.2) is 47.6 Å². The molecule has 5 nitrogen and oxygen atoms in total. The second-order valence-electron chi connectivity index (χ2n) is 8.14. The molecule has 1 amide bonds. The first-order valence-electron chi connectivity index (χ1n) is 9.48. The van der Waals surface area contributed by atoms with E-state index in [4.69, 9.17) is 0 Å². The average Bonchev–Trinajstić information content (AvgIpc) is 3.40. The Morgan fingerprint density at radius 1 is 1.23 bits per heavy atom. The van der Waals surface area contributed by atoms with E-state index >= 15 is 0 Å². The van der Waals surface area contributed by atoms with Crippen molar-refractivity contribution in [3.05, 3.63) is 41.5 Å². The summed E-state index contributed by atoms with van der Waals surface area (Å²) >= 11 is 0. The Labute approximate surface area is 154 Å². The maximum atomic E-state index is 13.1. The first-order valence-corrected chi connectivity index (χ1v) is 9.48. The second-order valence-corrected chi connectivity index (χ2v) is 8.14. The van der Waals surface area contributed by atoms with Crippen molar-refractivity contribution in [2.75, 3.05) is 19.6 Å². The molecule has 3 aliphatic rings. The Balaban J connectivity index is 1.49. The maximum absolute atomic E-state index is 13.1. The van der Waals surface area contributed by atoms with Gasteiger partial charge in [0.25, 0.3) is 0 Å². The first-order chi connectivity index (χ1) is 12.5. The van der Waals surface area contributed by atoms with Crippen LogP contribution in [0.5, 0.6) is 0 Å². The van der Waals surface area contributed by atoms with Gasteiger partial charge in [0.2, 0.25) is 5.91 Å². The molecule has 2 unspecified atom stereocenters. The minimum atomic E-state index is -0.851. The fourth-order valence-electron chi connectivity index (χ4n) is 4.51. The van der Waals surface area contributed by atoms with Crippen LogP contribution in [0.4, 0.5) is 0 Å². The Morgan fingerprint density at radius 2 is 1.96 bits per heavy atom. The normalized spacial score (nSPS) is 27.5. The summed E-state index contributed by atoms with van der Waals surface area (Å²) in [5, 5.41) is 12.9. The Bertz CT molecular complexity index is 752. The van der Waals surface area contributed by atoms with E-state index in [1.807, 2.05) is 23.1 Å². The fraction of sp³-hybridized carbons (Fsp3) is 0.524. The molecule has 0 aromatic heterocycles. The molecule has 1 saturated heterocycles.